The maximum absolute atomic E-state index is 12.5. The quantitative estimate of drug-likeness (QED) is 0.756. The van der Waals surface area contributed by atoms with Gasteiger partial charge in [-0.3, -0.25) is 4.79 Å². The minimum atomic E-state index is -4.93. The van der Waals surface area contributed by atoms with Gasteiger partial charge in [-0.25, -0.2) is 8.42 Å². The molecule has 0 aromatic heterocycles. The number of rotatable bonds is 6. The highest BCUT2D eigenvalue weighted by molar-refractivity contribution is 7.91. The summed E-state index contributed by atoms with van der Waals surface area (Å²) in [5, 5.41) is 2.23. The van der Waals surface area contributed by atoms with Gasteiger partial charge in [-0.05, 0) is 24.3 Å². The molecular formula is C18H16F3NO6S. The third-order valence-corrected chi connectivity index (χ3v) is 5.57. The number of hydrogen-bond donors (Lipinski definition) is 1. The summed E-state index contributed by atoms with van der Waals surface area (Å²) in [6.07, 6.45) is -5.39. The molecule has 29 heavy (non-hydrogen) atoms. The lowest BCUT2D eigenvalue weighted by Gasteiger charge is -2.18. The number of benzene rings is 2. The van der Waals surface area contributed by atoms with Gasteiger partial charge in [-0.1, -0.05) is 12.1 Å². The molecule has 1 N–H and O–H groups in total. The lowest BCUT2D eigenvalue weighted by molar-refractivity contribution is -0.274. The van der Waals surface area contributed by atoms with Crippen LogP contribution in [0.2, 0.25) is 0 Å². The predicted molar refractivity (Wildman–Crippen MR) is 95.9 cm³/mol. The van der Waals surface area contributed by atoms with E-state index in [-0.39, 0.29) is 17.2 Å². The van der Waals surface area contributed by atoms with Crippen molar-refractivity contribution in [3.05, 3.63) is 42.5 Å². The van der Waals surface area contributed by atoms with Gasteiger partial charge in [-0.15, -0.1) is 13.2 Å². The molecule has 1 aliphatic rings. The molecule has 0 saturated carbocycles. The molecule has 7 nitrogen and oxygen atoms in total. The molecule has 1 amide bonds. The standard InChI is InChI=1S/C18H16F3NO6S/c19-18(20,21)28-14-4-2-1-3-13(14)22-17(23)7-10-29(24,25)12-5-6-15-16(11-12)27-9-8-26-15/h1-6,11H,7-10H2,(H,22,23). The molecule has 2 aromatic carbocycles. The first-order valence-corrected chi connectivity index (χ1v) is 10.1. The first-order chi connectivity index (χ1) is 13.6. The van der Waals surface area contributed by atoms with Crippen LogP contribution in [0.1, 0.15) is 6.42 Å². The zero-order chi connectivity index (χ0) is 21.1. The van der Waals surface area contributed by atoms with E-state index in [1.54, 1.807) is 0 Å². The molecule has 0 saturated heterocycles. The Kier molecular flexibility index (Phi) is 5.87. The van der Waals surface area contributed by atoms with Crippen molar-refractivity contribution in [3.8, 4) is 17.2 Å². The van der Waals surface area contributed by atoms with Crippen molar-refractivity contribution in [2.24, 2.45) is 0 Å². The molecule has 0 fully saturated rings. The van der Waals surface area contributed by atoms with Gasteiger partial charge in [0.05, 0.1) is 16.3 Å². The summed E-state index contributed by atoms with van der Waals surface area (Å²) in [5.41, 5.74) is -0.216. The maximum Gasteiger partial charge on any atom is 0.573 e. The third kappa shape index (κ3) is 5.53. The Hall–Kier alpha value is -2.95. The Morgan fingerprint density at radius 3 is 2.48 bits per heavy atom. The van der Waals surface area contributed by atoms with E-state index in [0.717, 1.165) is 6.07 Å². The van der Waals surface area contributed by atoms with Gasteiger partial charge < -0.3 is 19.5 Å². The molecule has 2 aromatic rings. The molecule has 1 heterocycles. The number of halogens is 3. The van der Waals surface area contributed by atoms with E-state index in [0.29, 0.717) is 18.1 Å². The average Bonchev–Trinajstić information content (AvgIpc) is 2.66. The molecule has 3 rings (SSSR count). The van der Waals surface area contributed by atoms with Gasteiger partial charge >= 0.3 is 6.36 Å². The molecule has 0 spiro atoms. The minimum Gasteiger partial charge on any atom is -0.486 e. The normalized spacial score (nSPS) is 13.6. The monoisotopic (exact) mass is 431 g/mol. The smallest absolute Gasteiger partial charge is 0.486 e. The number of fused-ring (bicyclic) bond motifs is 1. The van der Waals surface area contributed by atoms with E-state index in [1.165, 1.54) is 36.4 Å². The lowest BCUT2D eigenvalue weighted by Crippen LogP contribution is -2.21. The van der Waals surface area contributed by atoms with Gasteiger partial charge in [0.25, 0.3) is 0 Å². The number of anilines is 1. The van der Waals surface area contributed by atoms with Crippen LogP contribution in [0, 0.1) is 0 Å². The molecule has 0 bridgehead atoms. The van der Waals surface area contributed by atoms with Crippen LogP contribution in [-0.4, -0.2) is 39.7 Å². The summed E-state index contributed by atoms with van der Waals surface area (Å²) in [6.45, 7) is 0.650. The Bertz CT molecular complexity index is 1010. The topological polar surface area (TPSA) is 90.9 Å². The van der Waals surface area contributed by atoms with Crippen LogP contribution in [0.3, 0.4) is 0 Å². The van der Waals surface area contributed by atoms with Crippen LogP contribution < -0.4 is 19.5 Å². The van der Waals surface area contributed by atoms with E-state index < -0.39 is 40.0 Å². The van der Waals surface area contributed by atoms with Crippen molar-refractivity contribution in [1.82, 2.24) is 0 Å². The molecule has 0 radical (unpaired) electrons. The second kappa shape index (κ2) is 8.19. The van der Waals surface area contributed by atoms with Crippen molar-refractivity contribution in [1.29, 1.82) is 0 Å². The van der Waals surface area contributed by atoms with Crippen molar-refractivity contribution in [2.45, 2.75) is 17.7 Å². The summed E-state index contributed by atoms with van der Waals surface area (Å²) in [4.78, 5) is 12.0. The maximum atomic E-state index is 12.5. The number of carbonyl (C=O) groups is 1. The first kappa shape index (κ1) is 20.8. The fourth-order valence-corrected chi connectivity index (χ4v) is 3.81. The SMILES string of the molecule is O=C(CCS(=O)(=O)c1ccc2c(c1)OCCO2)Nc1ccccc1OC(F)(F)F. The second-order valence-corrected chi connectivity index (χ2v) is 8.08. The summed E-state index contributed by atoms with van der Waals surface area (Å²) in [7, 11) is -3.83. The number of hydrogen-bond acceptors (Lipinski definition) is 6. The minimum absolute atomic E-state index is 0.0460. The summed E-state index contributed by atoms with van der Waals surface area (Å²) >= 11 is 0. The Balaban J connectivity index is 1.65. The molecular weight excluding hydrogens is 415 g/mol. The number of alkyl halides is 3. The molecule has 0 unspecified atom stereocenters. The Labute approximate surface area is 164 Å². The largest absolute Gasteiger partial charge is 0.573 e. The van der Waals surface area contributed by atoms with Gasteiger partial charge in [0, 0.05) is 12.5 Å². The highest BCUT2D eigenvalue weighted by atomic mass is 32.2. The average molecular weight is 431 g/mol. The van der Waals surface area contributed by atoms with Crippen LogP contribution in [0.4, 0.5) is 18.9 Å². The van der Waals surface area contributed by atoms with Crippen molar-refractivity contribution in [2.75, 3.05) is 24.3 Å². The number of para-hydroxylation sites is 2. The molecule has 1 aliphatic heterocycles. The van der Waals surface area contributed by atoms with Crippen LogP contribution in [0.25, 0.3) is 0 Å². The van der Waals surface area contributed by atoms with Crippen LogP contribution >= 0.6 is 0 Å². The van der Waals surface area contributed by atoms with Gasteiger partial charge in [-0.2, -0.15) is 0 Å². The Morgan fingerprint density at radius 2 is 1.76 bits per heavy atom. The fourth-order valence-electron chi connectivity index (χ4n) is 2.56. The molecule has 11 heteroatoms. The van der Waals surface area contributed by atoms with Gasteiger partial charge in [0.15, 0.2) is 27.1 Å². The van der Waals surface area contributed by atoms with E-state index in [9.17, 15) is 26.4 Å². The second-order valence-electron chi connectivity index (χ2n) is 5.97. The molecule has 0 aliphatic carbocycles. The molecule has 0 atom stereocenters. The fraction of sp³-hybridized carbons (Fsp3) is 0.278. The van der Waals surface area contributed by atoms with Crippen LogP contribution in [0.15, 0.2) is 47.4 Å². The highest BCUT2D eigenvalue weighted by Crippen LogP contribution is 2.33. The van der Waals surface area contributed by atoms with Gasteiger partial charge in [0.2, 0.25) is 5.91 Å². The van der Waals surface area contributed by atoms with Crippen molar-refractivity contribution >= 4 is 21.4 Å². The van der Waals surface area contributed by atoms with Crippen molar-refractivity contribution < 1.29 is 40.6 Å². The zero-order valence-corrected chi connectivity index (χ0v) is 15.7. The van der Waals surface area contributed by atoms with E-state index in [4.69, 9.17) is 9.47 Å². The van der Waals surface area contributed by atoms with E-state index in [1.807, 2.05) is 0 Å². The van der Waals surface area contributed by atoms with Crippen LogP contribution in [0.5, 0.6) is 17.2 Å². The number of ether oxygens (including phenoxy) is 3. The lowest BCUT2D eigenvalue weighted by atomic mass is 10.3. The summed E-state index contributed by atoms with van der Waals surface area (Å²) in [5.74, 6) is -1.19. The van der Waals surface area contributed by atoms with E-state index >= 15 is 0 Å². The number of carbonyl (C=O) groups excluding carboxylic acids is 1. The molecule has 156 valence electrons. The number of amides is 1. The van der Waals surface area contributed by atoms with Gasteiger partial charge in [0.1, 0.15) is 13.2 Å². The number of nitrogens with one attached hydrogen (secondary N) is 1. The first-order valence-electron chi connectivity index (χ1n) is 8.41. The number of sulfone groups is 1. The zero-order valence-electron chi connectivity index (χ0n) is 14.9. The summed E-state index contributed by atoms with van der Waals surface area (Å²) < 4.78 is 76.8. The van der Waals surface area contributed by atoms with Crippen molar-refractivity contribution in [3.63, 3.8) is 0 Å². The third-order valence-electron chi connectivity index (χ3n) is 3.86. The predicted octanol–water partition coefficient (Wildman–Crippen LogP) is 3.16. The van der Waals surface area contributed by atoms with Crippen LogP contribution in [-0.2, 0) is 14.6 Å². The summed E-state index contributed by atoms with van der Waals surface area (Å²) in [6, 6.07) is 9.09. The Morgan fingerprint density at radius 1 is 1.07 bits per heavy atom. The van der Waals surface area contributed by atoms with E-state index in [2.05, 4.69) is 10.1 Å². The highest BCUT2D eigenvalue weighted by Gasteiger charge is 2.32.